The van der Waals surface area contributed by atoms with Crippen molar-refractivity contribution in [2.45, 2.75) is 12.8 Å². The number of hydrogen-bond donors (Lipinski definition) is 2. The largest absolute Gasteiger partial charge is 0.465 e. The van der Waals surface area contributed by atoms with E-state index in [9.17, 15) is 9.18 Å². The van der Waals surface area contributed by atoms with Crippen molar-refractivity contribution >= 4 is 17.3 Å². The number of carbonyl (C=O) groups is 1. The van der Waals surface area contributed by atoms with Crippen LogP contribution in [-0.4, -0.2) is 32.8 Å². The Kier molecular flexibility index (Phi) is 4.79. The van der Waals surface area contributed by atoms with Crippen LogP contribution in [0.3, 0.4) is 0 Å². The van der Waals surface area contributed by atoms with Gasteiger partial charge in [0.25, 0.3) is 0 Å². The average molecular weight is 282 g/mol. The summed E-state index contributed by atoms with van der Waals surface area (Å²) in [5, 5.41) is 3.01. The number of rotatable bonds is 4. The first kappa shape index (κ1) is 14.6. The Labute approximate surface area is 117 Å². The lowest BCUT2D eigenvalue weighted by molar-refractivity contribution is 0.0593. The molecule has 1 heterocycles. The van der Waals surface area contributed by atoms with E-state index in [2.05, 4.69) is 10.1 Å². The van der Waals surface area contributed by atoms with E-state index >= 15 is 0 Å². The van der Waals surface area contributed by atoms with Crippen molar-refractivity contribution in [1.82, 2.24) is 0 Å². The Bertz CT molecular complexity index is 488. The fourth-order valence-corrected chi connectivity index (χ4v) is 2.23. The summed E-state index contributed by atoms with van der Waals surface area (Å²) in [5.41, 5.74) is 6.11. The van der Waals surface area contributed by atoms with Gasteiger partial charge in [-0.2, -0.15) is 0 Å². The minimum absolute atomic E-state index is 0.0703. The molecule has 0 radical (unpaired) electrons. The molecule has 1 aliphatic heterocycles. The zero-order chi connectivity index (χ0) is 14.5. The highest BCUT2D eigenvalue weighted by Gasteiger charge is 2.17. The number of methoxy groups -OCH3 is 1. The SMILES string of the molecule is COC(=O)c1cc(NCC2CCCOC2)c(F)cc1N. The molecule has 1 aliphatic rings. The molecule has 0 aromatic heterocycles. The highest BCUT2D eigenvalue weighted by Crippen LogP contribution is 2.24. The lowest BCUT2D eigenvalue weighted by Gasteiger charge is -2.23. The molecule has 0 aliphatic carbocycles. The molecule has 0 spiro atoms. The number of nitrogens with two attached hydrogens (primary N) is 1. The first-order valence-electron chi connectivity index (χ1n) is 6.60. The quantitative estimate of drug-likeness (QED) is 0.653. The minimum atomic E-state index is -0.577. The monoisotopic (exact) mass is 282 g/mol. The highest BCUT2D eigenvalue weighted by molar-refractivity contribution is 5.96. The van der Waals surface area contributed by atoms with Gasteiger partial charge in [0.15, 0.2) is 0 Å². The molecule has 1 saturated heterocycles. The van der Waals surface area contributed by atoms with Crippen LogP contribution in [0.2, 0.25) is 0 Å². The normalized spacial score (nSPS) is 18.6. The van der Waals surface area contributed by atoms with Gasteiger partial charge < -0.3 is 20.5 Å². The second-order valence-corrected chi connectivity index (χ2v) is 4.87. The number of nitrogens with one attached hydrogen (secondary N) is 1. The standard InChI is InChI=1S/C14H19FN2O3/c1-19-14(18)10-5-13(11(15)6-12(10)16)17-7-9-3-2-4-20-8-9/h5-6,9,17H,2-4,7-8,16H2,1H3. The van der Waals surface area contributed by atoms with Crippen LogP contribution < -0.4 is 11.1 Å². The third kappa shape index (κ3) is 3.39. The molecule has 0 saturated carbocycles. The van der Waals surface area contributed by atoms with Gasteiger partial charge in [-0.15, -0.1) is 0 Å². The number of ether oxygens (including phenoxy) is 2. The van der Waals surface area contributed by atoms with E-state index in [1.54, 1.807) is 0 Å². The molecular formula is C14H19FN2O3. The zero-order valence-electron chi connectivity index (χ0n) is 11.4. The van der Waals surface area contributed by atoms with Gasteiger partial charge in [-0.25, -0.2) is 9.18 Å². The summed E-state index contributed by atoms with van der Waals surface area (Å²) in [5.74, 6) is -0.708. The first-order chi connectivity index (χ1) is 9.61. The van der Waals surface area contributed by atoms with Crippen LogP contribution in [-0.2, 0) is 9.47 Å². The maximum absolute atomic E-state index is 13.8. The van der Waals surface area contributed by atoms with Crippen molar-refractivity contribution in [3.05, 3.63) is 23.5 Å². The van der Waals surface area contributed by atoms with E-state index in [4.69, 9.17) is 10.5 Å². The third-order valence-electron chi connectivity index (χ3n) is 3.38. The predicted molar refractivity (Wildman–Crippen MR) is 74.2 cm³/mol. The van der Waals surface area contributed by atoms with Crippen molar-refractivity contribution in [2.75, 3.05) is 37.9 Å². The van der Waals surface area contributed by atoms with Crippen LogP contribution in [0.25, 0.3) is 0 Å². The maximum Gasteiger partial charge on any atom is 0.340 e. The Hall–Kier alpha value is -1.82. The van der Waals surface area contributed by atoms with Crippen molar-refractivity contribution in [3.63, 3.8) is 0 Å². The number of halogens is 1. The van der Waals surface area contributed by atoms with Crippen LogP contribution >= 0.6 is 0 Å². The molecule has 6 heteroatoms. The van der Waals surface area contributed by atoms with Gasteiger partial charge in [-0.3, -0.25) is 0 Å². The van der Waals surface area contributed by atoms with Gasteiger partial charge in [-0.05, 0) is 30.9 Å². The van der Waals surface area contributed by atoms with Crippen molar-refractivity contribution < 1.29 is 18.7 Å². The maximum atomic E-state index is 13.8. The topological polar surface area (TPSA) is 73.6 Å². The number of esters is 1. The highest BCUT2D eigenvalue weighted by atomic mass is 19.1. The molecule has 1 aromatic carbocycles. The van der Waals surface area contributed by atoms with Gasteiger partial charge in [-0.1, -0.05) is 0 Å². The van der Waals surface area contributed by atoms with Gasteiger partial charge in [0.2, 0.25) is 0 Å². The molecule has 1 fully saturated rings. The molecule has 5 nitrogen and oxygen atoms in total. The molecule has 2 rings (SSSR count). The fraction of sp³-hybridized carbons (Fsp3) is 0.500. The van der Waals surface area contributed by atoms with E-state index in [0.29, 0.717) is 19.1 Å². The summed E-state index contributed by atoms with van der Waals surface area (Å²) in [6.45, 7) is 2.06. The van der Waals surface area contributed by atoms with Crippen molar-refractivity contribution in [2.24, 2.45) is 5.92 Å². The van der Waals surface area contributed by atoms with Gasteiger partial charge in [0, 0.05) is 18.8 Å². The lowest BCUT2D eigenvalue weighted by Crippen LogP contribution is -2.24. The summed E-state index contributed by atoms with van der Waals surface area (Å²) in [6, 6.07) is 2.52. The summed E-state index contributed by atoms with van der Waals surface area (Å²) >= 11 is 0. The Morgan fingerprint density at radius 2 is 2.40 bits per heavy atom. The molecule has 0 bridgehead atoms. The fourth-order valence-electron chi connectivity index (χ4n) is 2.23. The van der Waals surface area contributed by atoms with E-state index in [1.165, 1.54) is 13.2 Å². The number of benzene rings is 1. The summed E-state index contributed by atoms with van der Waals surface area (Å²) in [7, 11) is 1.26. The Balaban J connectivity index is 2.08. The van der Waals surface area contributed by atoms with Crippen LogP contribution in [0.4, 0.5) is 15.8 Å². The molecule has 110 valence electrons. The molecule has 0 amide bonds. The lowest BCUT2D eigenvalue weighted by atomic mass is 10.0. The van der Waals surface area contributed by atoms with Crippen LogP contribution in [0.1, 0.15) is 23.2 Å². The smallest absolute Gasteiger partial charge is 0.340 e. The second-order valence-electron chi connectivity index (χ2n) is 4.87. The van der Waals surface area contributed by atoms with Crippen molar-refractivity contribution in [3.8, 4) is 0 Å². The molecule has 1 unspecified atom stereocenters. The Morgan fingerprint density at radius 3 is 3.05 bits per heavy atom. The third-order valence-corrected chi connectivity index (χ3v) is 3.38. The van der Waals surface area contributed by atoms with E-state index < -0.39 is 11.8 Å². The molecule has 1 atom stereocenters. The Morgan fingerprint density at radius 1 is 1.60 bits per heavy atom. The zero-order valence-corrected chi connectivity index (χ0v) is 11.4. The summed E-state index contributed by atoms with van der Waals surface area (Å²) in [6.07, 6.45) is 2.07. The molecular weight excluding hydrogens is 263 g/mol. The molecule has 3 N–H and O–H groups in total. The number of carbonyl (C=O) groups excluding carboxylic acids is 1. The van der Waals surface area contributed by atoms with Crippen LogP contribution in [0.5, 0.6) is 0 Å². The molecule has 1 aromatic rings. The summed E-state index contributed by atoms with van der Waals surface area (Å²) < 4.78 is 23.8. The predicted octanol–water partition coefficient (Wildman–Crippen LogP) is 2.03. The van der Waals surface area contributed by atoms with Crippen molar-refractivity contribution in [1.29, 1.82) is 0 Å². The van der Waals surface area contributed by atoms with Gasteiger partial charge in [0.05, 0.1) is 25.0 Å². The number of nitrogen functional groups attached to an aromatic ring is 1. The van der Waals surface area contributed by atoms with E-state index in [1.807, 2.05) is 0 Å². The van der Waals surface area contributed by atoms with E-state index in [-0.39, 0.29) is 16.9 Å². The van der Waals surface area contributed by atoms with Crippen LogP contribution in [0, 0.1) is 11.7 Å². The van der Waals surface area contributed by atoms with Gasteiger partial charge >= 0.3 is 5.97 Å². The van der Waals surface area contributed by atoms with E-state index in [0.717, 1.165) is 25.5 Å². The van der Waals surface area contributed by atoms with Gasteiger partial charge in [0.1, 0.15) is 5.82 Å². The average Bonchev–Trinajstić information content (AvgIpc) is 2.46. The minimum Gasteiger partial charge on any atom is -0.465 e. The summed E-state index contributed by atoms with van der Waals surface area (Å²) in [4.78, 5) is 11.5. The first-order valence-corrected chi connectivity index (χ1v) is 6.60. The van der Waals surface area contributed by atoms with Crippen LogP contribution in [0.15, 0.2) is 12.1 Å². The number of anilines is 2. The molecule has 20 heavy (non-hydrogen) atoms. The number of hydrogen-bond acceptors (Lipinski definition) is 5. The second kappa shape index (κ2) is 6.56.